The largest absolute Gasteiger partial charge is 0.491 e. The molecule has 7 heteroatoms. The predicted molar refractivity (Wildman–Crippen MR) is 55.5 cm³/mol. The molecule has 0 fully saturated rings. The second-order valence-corrected chi connectivity index (χ2v) is 3.77. The molecule has 0 aliphatic rings. The van der Waals surface area contributed by atoms with Crippen molar-refractivity contribution in [3.8, 4) is 5.75 Å². The van der Waals surface area contributed by atoms with E-state index in [0.29, 0.717) is 0 Å². The third kappa shape index (κ3) is 4.05. The Hall–Kier alpha value is -1.01. The van der Waals surface area contributed by atoms with Gasteiger partial charge in [-0.2, -0.15) is 13.2 Å². The van der Waals surface area contributed by atoms with Gasteiger partial charge in [0.25, 0.3) is 0 Å². The van der Waals surface area contributed by atoms with E-state index in [9.17, 15) is 17.6 Å². The summed E-state index contributed by atoms with van der Waals surface area (Å²) in [6, 6.07) is 3.18. The fourth-order valence-electron chi connectivity index (χ4n) is 1.08. The Balaban J connectivity index is 2.66. The number of rotatable bonds is 4. The average Bonchev–Trinajstić information content (AvgIpc) is 2.19. The zero-order valence-electron chi connectivity index (χ0n) is 8.60. The summed E-state index contributed by atoms with van der Waals surface area (Å²) in [7, 11) is 0. The molecule has 0 saturated heterocycles. The summed E-state index contributed by atoms with van der Waals surface area (Å²) < 4.78 is 54.5. The van der Waals surface area contributed by atoms with E-state index < -0.39 is 31.1 Å². The molecule has 0 spiro atoms. The Bertz CT molecular complexity index is 383. The quantitative estimate of drug-likeness (QED) is 0.855. The van der Waals surface area contributed by atoms with Gasteiger partial charge < -0.3 is 10.5 Å². The second kappa shape index (κ2) is 5.55. The van der Waals surface area contributed by atoms with Crippen molar-refractivity contribution in [1.29, 1.82) is 0 Å². The topological polar surface area (TPSA) is 35.2 Å². The fraction of sp³-hybridized carbons (Fsp3) is 0.400. The maximum Gasteiger partial charge on any atom is 0.396 e. The van der Waals surface area contributed by atoms with Crippen molar-refractivity contribution in [2.45, 2.75) is 6.18 Å². The summed E-state index contributed by atoms with van der Waals surface area (Å²) in [5.41, 5.74) is 4.99. The third-order valence-electron chi connectivity index (χ3n) is 2.08. The summed E-state index contributed by atoms with van der Waals surface area (Å²) in [6.07, 6.45) is -4.43. The second-order valence-electron chi connectivity index (χ2n) is 3.36. The summed E-state index contributed by atoms with van der Waals surface area (Å²) in [5, 5.41) is -0.0806. The molecule has 0 saturated carbocycles. The molecule has 0 amide bonds. The highest BCUT2D eigenvalue weighted by Gasteiger charge is 2.39. The summed E-state index contributed by atoms with van der Waals surface area (Å²) in [5.74, 6) is -2.37. The van der Waals surface area contributed by atoms with Crippen LogP contribution in [0, 0.1) is 11.7 Å². The molecule has 1 aromatic carbocycles. The lowest BCUT2D eigenvalue weighted by Crippen LogP contribution is -2.35. The number of nitrogens with two attached hydrogens (primary N) is 1. The highest BCUT2D eigenvalue weighted by atomic mass is 35.5. The van der Waals surface area contributed by atoms with Gasteiger partial charge in [-0.25, -0.2) is 4.39 Å². The van der Waals surface area contributed by atoms with Gasteiger partial charge in [0.2, 0.25) is 0 Å². The first-order chi connectivity index (χ1) is 7.84. The Morgan fingerprint density at radius 1 is 1.35 bits per heavy atom. The zero-order valence-corrected chi connectivity index (χ0v) is 9.35. The van der Waals surface area contributed by atoms with Crippen molar-refractivity contribution >= 4 is 11.6 Å². The Labute approximate surface area is 100 Å². The lowest BCUT2D eigenvalue weighted by atomic mass is 10.1. The standard InChI is InChI=1S/C10H10ClF4NO/c11-8-3-7(12)1-2-9(8)17-5-6(4-16)10(13,14)15/h1-3,6H,4-5,16H2. The van der Waals surface area contributed by atoms with E-state index in [2.05, 4.69) is 0 Å². The van der Waals surface area contributed by atoms with E-state index in [1.165, 1.54) is 6.07 Å². The van der Waals surface area contributed by atoms with Crippen LogP contribution < -0.4 is 10.5 Å². The molecule has 1 rings (SSSR count). The molecule has 0 aromatic heterocycles. The smallest absolute Gasteiger partial charge is 0.396 e. The van der Waals surface area contributed by atoms with Crippen molar-refractivity contribution in [3.63, 3.8) is 0 Å². The van der Waals surface area contributed by atoms with Crippen LogP contribution >= 0.6 is 11.6 Å². The van der Waals surface area contributed by atoms with Crippen LogP contribution in [0.25, 0.3) is 0 Å². The van der Waals surface area contributed by atoms with E-state index in [1.54, 1.807) is 0 Å². The van der Waals surface area contributed by atoms with Crippen LogP contribution in [0.3, 0.4) is 0 Å². The van der Waals surface area contributed by atoms with Gasteiger partial charge in [-0.15, -0.1) is 0 Å². The number of alkyl halides is 3. The summed E-state index contributed by atoms with van der Waals surface area (Å²) in [4.78, 5) is 0. The first kappa shape index (κ1) is 14.1. The van der Waals surface area contributed by atoms with Crippen molar-refractivity contribution < 1.29 is 22.3 Å². The molecule has 0 radical (unpaired) electrons. The Morgan fingerprint density at radius 3 is 2.47 bits per heavy atom. The van der Waals surface area contributed by atoms with E-state index in [4.69, 9.17) is 22.1 Å². The van der Waals surface area contributed by atoms with E-state index in [0.717, 1.165) is 12.1 Å². The molecule has 2 nitrogen and oxygen atoms in total. The molecule has 0 aliphatic carbocycles. The molecule has 1 atom stereocenters. The van der Waals surface area contributed by atoms with Crippen molar-refractivity contribution in [1.82, 2.24) is 0 Å². The van der Waals surface area contributed by atoms with Crippen molar-refractivity contribution in [2.24, 2.45) is 11.7 Å². The molecular weight excluding hydrogens is 262 g/mol. The number of benzene rings is 1. The van der Waals surface area contributed by atoms with Gasteiger partial charge in [0, 0.05) is 6.54 Å². The van der Waals surface area contributed by atoms with Gasteiger partial charge >= 0.3 is 6.18 Å². The van der Waals surface area contributed by atoms with Crippen LogP contribution in [-0.2, 0) is 0 Å². The van der Waals surface area contributed by atoms with E-state index in [1.807, 2.05) is 0 Å². The van der Waals surface area contributed by atoms with Gasteiger partial charge in [-0.3, -0.25) is 0 Å². The maximum absolute atomic E-state index is 12.7. The van der Waals surface area contributed by atoms with Crippen LogP contribution in [0.1, 0.15) is 0 Å². The number of hydrogen-bond acceptors (Lipinski definition) is 2. The normalized spacial score (nSPS) is 13.5. The van der Waals surface area contributed by atoms with Crippen LogP contribution in [0.5, 0.6) is 5.75 Å². The molecule has 96 valence electrons. The average molecular weight is 272 g/mol. The Kier molecular flexibility index (Phi) is 4.59. The lowest BCUT2D eigenvalue weighted by Gasteiger charge is -2.19. The van der Waals surface area contributed by atoms with Gasteiger partial charge in [-0.05, 0) is 18.2 Å². The lowest BCUT2D eigenvalue weighted by molar-refractivity contribution is -0.178. The maximum atomic E-state index is 12.7. The molecule has 0 bridgehead atoms. The zero-order chi connectivity index (χ0) is 13.1. The minimum Gasteiger partial charge on any atom is -0.491 e. The SMILES string of the molecule is NCC(COc1ccc(F)cc1Cl)C(F)(F)F. The van der Waals surface area contributed by atoms with Crippen LogP contribution in [-0.4, -0.2) is 19.3 Å². The number of ether oxygens (including phenoxy) is 1. The molecule has 17 heavy (non-hydrogen) atoms. The fourth-order valence-corrected chi connectivity index (χ4v) is 1.30. The van der Waals surface area contributed by atoms with E-state index in [-0.39, 0.29) is 10.8 Å². The number of halogens is 5. The minimum atomic E-state index is -4.43. The van der Waals surface area contributed by atoms with Crippen LogP contribution in [0.4, 0.5) is 17.6 Å². The molecule has 0 aliphatic heterocycles. The van der Waals surface area contributed by atoms with Crippen molar-refractivity contribution in [2.75, 3.05) is 13.2 Å². The third-order valence-corrected chi connectivity index (χ3v) is 2.38. The van der Waals surface area contributed by atoms with Gasteiger partial charge in [0.05, 0.1) is 5.02 Å². The number of hydrogen-bond donors (Lipinski definition) is 1. The summed E-state index contributed by atoms with van der Waals surface area (Å²) >= 11 is 5.59. The molecule has 1 unspecified atom stereocenters. The van der Waals surface area contributed by atoms with Gasteiger partial charge in [0.1, 0.15) is 24.1 Å². The van der Waals surface area contributed by atoms with Gasteiger partial charge in [-0.1, -0.05) is 11.6 Å². The first-order valence-electron chi connectivity index (χ1n) is 4.69. The molecule has 1 aromatic rings. The summed E-state index contributed by atoms with van der Waals surface area (Å²) in [6.45, 7) is -1.23. The molecular formula is C10H10ClF4NO. The highest BCUT2D eigenvalue weighted by Crippen LogP contribution is 2.29. The van der Waals surface area contributed by atoms with E-state index >= 15 is 0 Å². The van der Waals surface area contributed by atoms with Crippen LogP contribution in [0.2, 0.25) is 5.02 Å². The molecule has 2 N–H and O–H groups in total. The van der Waals surface area contributed by atoms with Crippen LogP contribution in [0.15, 0.2) is 18.2 Å². The predicted octanol–water partition coefficient (Wildman–Crippen LogP) is 3.00. The van der Waals surface area contributed by atoms with Gasteiger partial charge in [0.15, 0.2) is 0 Å². The Morgan fingerprint density at radius 2 is 2.00 bits per heavy atom. The first-order valence-corrected chi connectivity index (χ1v) is 5.07. The monoisotopic (exact) mass is 271 g/mol. The minimum absolute atomic E-state index is 0.00392. The molecule has 0 heterocycles. The van der Waals surface area contributed by atoms with Crippen molar-refractivity contribution in [3.05, 3.63) is 29.0 Å². The highest BCUT2D eigenvalue weighted by molar-refractivity contribution is 6.32.